The average molecular weight is 513 g/mol. The molecule has 6 nitrogen and oxygen atoms in total. The first-order valence-corrected chi connectivity index (χ1v) is 10.1. The third-order valence-corrected chi connectivity index (χ3v) is 5.38. The topological polar surface area (TPSA) is 74.5 Å². The molecule has 0 spiro atoms. The molecular formula is C20H28IN5OS. The van der Waals surface area contributed by atoms with Gasteiger partial charge < -0.3 is 15.7 Å². The third-order valence-electron chi connectivity index (χ3n) is 4.16. The number of aromatic nitrogens is 2. The van der Waals surface area contributed by atoms with E-state index in [1.54, 1.807) is 11.3 Å². The van der Waals surface area contributed by atoms with Crippen LogP contribution in [-0.4, -0.2) is 40.5 Å². The fourth-order valence-electron chi connectivity index (χ4n) is 2.81. The zero-order valence-corrected chi connectivity index (χ0v) is 19.4. The van der Waals surface area contributed by atoms with Gasteiger partial charge in [-0.15, -0.1) is 35.3 Å². The lowest BCUT2D eigenvalue weighted by atomic mass is 10.2. The lowest BCUT2D eigenvalue weighted by Crippen LogP contribution is -2.38. The zero-order valence-electron chi connectivity index (χ0n) is 16.3. The lowest BCUT2D eigenvalue weighted by Gasteiger charge is -2.12. The van der Waals surface area contributed by atoms with E-state index < -0.39 is 6.10 Å². The highest BCUT2D eigenvalue weighted by Gasteiger charge is 2.11. The van der Waals surface area contributed by atoms with E-state index in [1.807, 2.05) is 49.1 Å². The minimum atomic E-state index is -0.593. The van der Waals surface area contributed by atoms with Crippen molar-refractivity contribution in [1.29, 1.82) is 0 Å². The summed E-state index contributed by atoms with van der Waals surface area (Å²) in [6.45, 7) is 6.85. The number of halogens is 1. The number of nitrogens with one attached hydrogen (secondary N) is 2. The van der Waals surface area contributed by atoms with Crippen LogP contribution in [0.1, 0.15) is 29.9 Å². The molecule has 3 rings (SSSR count). The van der Waals surface area contributed by atoms with E-state index in [0.29, 0.717) is 6.54 Å². The number of aliphatic imine (C=N–C) groups is 1. The summed E-state index contributed by atoms with van der Waals surface area (Å²) in [7, 11) is 0. The van der Waals surface area contributed by atoms with E-state index in [2.05, 4.69) is 32.9 Å². The largest absolute Gasteiger partial charge is 0.386 e. The van der Waals surface area contributed by atoms with Gasteiger partial charge in [-0.25, -0.2) is 0 Å². The van der Waals surface area contributed by atoms with Crippen LogP contribution in [0.2, 0.25) is 0 Å². The Morgan fingerprint density at radius 1 is 1.32 bits per heavy atom. The molecular weight excluding hydrogens is 485 g/mol. The number of thiophene rings is 1. The average Bonchev–Trinajstić information content (AvgIpc) is 3.28. The molecule has 8 heteroatoms. The van der Waals surface area contributed by atoms with Crippen molar-refractivity contribution >= 4 is 51.4 Å². The Kier molecular flexibility index (Phi) is 9.20. The van der Waals surface area contributed by atoms with E-state index in [4.69, 9.17) is 0 Å². The molecule has 0 saturated carbocycles. The van der Waals surface area contributed by atoms with Gasteiger partial charge in [0, 0.05) is 35.4 Å². The van der Waals surface area contributed by atoms with Gasteiger partial charge in [-0.05, 0) is 43.4 Å². The van der Waals surface area contributed by atoms with Gasteiger partial charge in [0.05, 0.1) is 12.7 Å². The predicted molar refractivity (Wildman–Crippen MR) is 128 cm³/mol. The van der Waals surface area contributed by atoms with Crippen molar-refractivity contribution in [2.45, 2.75) is 32.9 Å². The van der Waals surface area contributed by atoms with Crippen LogP contribution >= 0.6 is 35.3 Å². The first kappa shape index (κ1) is 22.6. The number of aliphatic hydroxyl groups is 1. The number of rotatable bonds is 8. The van der Waals surface area contributed by atoms with Crippen LogP contribution in [-0.2, 0) is 6.54 Å². The van der Waals surface area contributed by atoms with Gasteiger partial charge in [-0.2, -0.15) is 5.10 Å². The van der Waals surface area contributed by atoms with Gasteiger partial charge in [-0.1, -0.05) is 18.2 Å². The molecule has 1 unspecified atom stereocenters. The Morgan fingerprint density at radius 3 is 2.86 bits per heavy atom. The number of hydrogen-bond donors (Lipinski definition) is 3. The van der Waals surface area contributed by atoms with Crippen LogP contribution in [0, 0.1) is 6.92 Å². The number of nitrogens with zero attached hydrogens (tertiary/aromatic N) is 3. The molecule has 1 aromatic carbocycles. The van der Waals surface area contributed by atoms with E-state index in [0.717, 1.165) is 36.9 Å². The Hall–Kier alpha value is -1.65. The minimum absolute atomic E-state index is 0. The summed E-state index contributed by atoms with van der Waals surface area (Å²) >= 11 is 1.62. The number of hydrogen-bond acceptors (Lipinski definition) is 4. The van der Waals surface area contributed by atoms with Crippen LogP contribution in [0.4, 0.5) is 0 Å². The van der Waals surface area contributed by atoms with Crippen LogP contribution in [0.3, 0.4) is 0 Å². The van der Waals surface area contributed by atoms with Gasteiger partial charge in [0.1, 0.15) is 6.10 Å². The van der Waals surface area contributed by atoms with Gasteiger partial charge in [-0.3, -0.25) is 9.67 Å². The summed E-state index contributed by atoms with van der Waals surface area (Å²) in [6, 6.07) is 10.2. The molecule has 3 aromatic rings. The first-order chi connectivity index (χ1) is 13.2. The number of guanidine groups is 1. The maximum absolute atomic E-state index is 10.5. The molecule has 2 heterocycles. The predicted octanol–water partition coefficient (Wildman–Crippen LogP) is 3.70. The van der Waals surface area contributed by atoms with Crippen molar-refractivity contribution in [2.75, 3.05) is 19.6 Å². The monoisotopic (exact) mass is 513 g/mol. The molecule has 3 N–H and O–H groups in total. The van der Waals surface area contributed by atoms with Gasteiger partial charge in [0.25, 0.3) is 0 Å². The number of benzene rings is 1. The summed E-state index contributed by atoms with van der Waals surface area (Å²) in [4.78, 5) is 5.49. The van der Waals surface area contributed by atoms with Gasteiger partial charge in [0.2, 0.25) is 0 Å². The van der Waals surface area contributed by atoms with Crippen molar-refractivity contribution in [3.8, 4) is 0 Å². The molecule has 0 aliphatic carbocycles. The fraction of sp³-hybridized carbons (Fsp3) is 0.400. The van der Waals surface area contributed by atoms with Crippen molar-refractivity contribution < 1.29 is 5.11 Å². The van der Waals surface area contributed by atoms with Crippen LogP contribution < -0.4 is 10.6 Å². The molecule has 0 radical (unpaired) electrons. The Bertz CT molecular complexity index is 858. The Balaban J connectivity index is 0.00000280. The van der Waals surface area contributed by atoms with Crippen LogP contribution in [0.25, 0.3) is 10.1 Å². The molecule has 152 valence electrons. The van der Waals surface area contributed by atoms with Crippen molar-refractivity contribution in [2.24, 2.45) is 4.99 Å². The molecule has 0 aliphatic heterocycles. The second kappa shape index (κ2) is 11.4. The number of aliphatic hydroxyl groups excluding tert-OH is 1. The molecule has 0 saturated heterocycles. The van der Waals surface area contributed by atoms with Crippen molar-refractivity contribution in [3.05, 3.63) is 53.2 Å². The summed E-state index contributed by atoms with van der Waals surface area (Å²) in [5, 5.41) is 22.5. The highest BCUT2D eigenvalue weighted by molar-refractivity contribution is 14.0. The van der Waals surface area contributed by atoms with Gasteiger partial charge >= 0.3 is 0 Å². The molecule has 0 aliphatic rings. The number of fused-ring (bicyclic) bond motifs is 1. The van der Waals surface area contributed by atoms with Gasteiger partial charge in [0.15, 0.2) is 5.96 Å². The molecule has 0 amide bonds. The van der Waals surface area contributed by atoms with Crippen LogP contribution in [0.5, 0.6) is 0 Å². The van der Waals surface area contributed by atoms with E-state index in [-0.39, 0.29) is 24.0 Å². The van der Waals surface area contributed by atoms with Crippen molar-refractivity contribution in [1.82, 2.24) is 20.4 Å². The Labute approximate surface area is 187 Å². The smallest absolute Gasteiger partial charge is 0.191 e. The zero-order chi connectivity index (χ0) is 19.1. The summed E-state index contributed by atoms with van der Waals surface area (Å²) in [5.74, 6) is 0.731. The summed E-state index contributed by atoms with van der Waals surface area (Å²) < 4.78 is 3.14. The summed E-state index contributed by atoms with van der Waals surface area (Å²) in [5.41, 5.74) is 1.17. The Morgan fingerprint density at radius 2 is 2.14 bits per heavy atom. The highest BCUT2D eigenvalue weighted by Crippen LogP contribution is 2.29. The maximum Gasteiger partial charge on any atom is 0.191 e. The molecule has 28 heavy (non-hydrogen) atoms. The SMILES string of the molecule is CCNC(=NCC(O)c1cc2ccccc2s1)NCCCn1cc(C)cn1.I. The number of aryl methyl sites for hydroxylation is 2. The second-order valence-electron chi connectivity index (χ2n) is 6.48. The molecule has 0 bridgehead atoms. The maximum atomic E-state index is 10.5. The van der Waals surface area contributed by atoms with E-state index >= 15 is 0 Å². The first-order valence-electron chi connectivity index (χ1n) is 9.33. The quantitative estimate of drug-likeness (QED) is 0.186. The fourth-order valence-corrected chi connectivity index (χ4v) is 3.86. The van der Waals surface area contributed by atoms with Crippen molar-refractivity contribution in [3.63, 3.8) is 0 Å². The lowest BCUT2D eigenvalue weighted by molar-refractivity contribution is 0.191. The third kappa shape index (κ3) is 6.46. The summed E-state index contributed by atoms with van der Waals surface area (Å²) in [6.07, 6.45) is 4.27. The minimum Gasteiger partial charge on any atom is -0.386 e. The normalized spacial score (nSPS) is 12.6. The van der Waals surface area contributed by atoms with E-state index in [1.165, 1.54) is 15.6 Å². The highest BCUT2D eigenvalue weighted by atomic mass is 127. The molecule has 2 aromatic heterocycles. The molecule has 1 atom stereocenters. The standard InChI is InChI=1S/C20H27N5OS.HI/c1-3-21-20(22-9-6-10-25-14-15(2)12-24-25)23-13-17(26)19-11-16-7-4-5-8-18(16)27-19;/h4-5,7-8,11-12,14,17,26H,3,6,9-10,13H2,1-2H3,(H2,21,22,23);1H. The molecule has 0 fully saturated rings. The van der Waals surface area contributed by atoms with Crippen LogP contribution in [0.15, 0.2) is 47.7 Å². The second-order valence-corrected chi connectivity index (χ2v) is 7.60. The van der Waals surface area contributed by atoms with E-state index in [9.17, 15) is 5.11 Å².